The molecule has 1 fully saturated rings. The molecule has 1 aromatic heterocycles. The fourth-order valence-electron chi connectivity index (χ4n) is 4.10. The first-order valence-electron chi connectivity index (χ1n) is 10.5. The van der Waals surface area contributed by atoms with Gasteiger partial charge >= 0.3 is 0 Å². The van der Waals surface area contributed by atoms with Crippen molar-refractivity contribution in [2.75, 3.05) is 44.2 Å². The Bertz CT molecular complexity index is 860. The van der Waals surface area contributed by atoms with E-state index in [1.807, 2.05) is 35.2 Å². The third kappa shape index (κ3) is 4.82. The largest absolute Gasteiger partial charge is 0.353 e. The highest BCUT2D eigenvalue weighted by Gasteiger charge is 2.22. The van der Waals surface area contributed by atoms with E-state index in [1.54, 1.807) is 6.20 Å². The predicted molar refractivity (Wildman–Crippen MR) is 113 cm³/mol. The minimum absolute atomic E-state index is 0.0606. The fraction of sp³-hybridized carbons (Fsp3) is 0.435. The van der Waals surface area contributed by atoms with Crippen molar-refractivity contribution in [3.05, 3.63) is 59.3 Å². The smallest absolute Gasteiger partial charge is 0.223 e. The Morgan fingerprint density at radius 3 is 2.48 bits per heavy atom. The first kappa shape index (κ1) is 19.6. The lowest BCUT2D eigenvalue weighted by Gasteiger charge is -2.35. The van der Waals surface area contributed by atoms with E-state index in [2.05, 4.69) is 21.3 Å². The molecule has 1 saturated heterocycles. The lowest BCUT2D eigenvalue weighted by Crippen LogP contribution is -2.49. The summed E-state index contributed by atoms with van der Waals surface area (Å²) in [6.07, 6.45) is 4.30. The zero-order valence-electron chi connectivity index (χ0n) is 16.8. The van der Waals surface area contributed by atoms with Gasteiger partial charge in [0.25, 0.3) is 0 Å². The van der Waals surface area contributed by atoms with Crippen molar-refractivity contribution in [2.24, 2.45) is 0 Å². The van der Waals surface area contributed by atoms with Crippen LogP contribution in [0.25, 0.3) is 0 Å². The number of Topliss-reactive ketones (excluding diaryl/α,β-unsaturated/α-hetero) is 1. The SMILES string of the molecule is O=C(CCC(=O)N1CCN(c2ccccn2)CC1)c1ccc2c(c1)CCNCC2. The quantitative estimate of drug-likeness (QED) is 0.790. The molecule has 0 aliphatic carbocycles. The number of aromatic nitrogens is 1. The lowest BCUT2D eigenvalue weighted by atomic mass is 9.97. The Balaban J connectivity index is 1.28. The summed E-state index contributed by atoms with van der Waals surface area (Å²) >= 11 is 0. The Morgan fingerprint density at radius 2 is 1.72 bits per heavy atom. The van der Waals surface area contributed by atoms with Gasteiger partial charge in [0.05, 0.1) is 0 Å². The number of carbonyl (C=O) groups is 2. The highest BCUT2D eigenvalue weighted by atomic mass is 16.2. The van der Waals surface area contributed by atoms with Crippen LogP contribution in [0.3, 0.4) is 0 Å². The molecule has 1 aromatic carbocycles. The summed E-state index contributed by atoms with van der Waals surface area (Å²) < 4.78 is 0. The van der Waals surface area contributed by atoms with Crippen molar-refractivity contribution >= 4 is 17.5 Å². The first-order valence-corrected chi connectivity index (χ1v) is 10.5. The molecule has 0 saturated carbocycles. The van der Waals surface area contributed by atoms with Crippen molar-refractivity contribution in [3.8, 4) is 0 Å². The van der Waals surface area contributed by atoms with Crippen LogP contribution in [0, 0.1) is 0 Å². The molecule has 2 aromatic rings. The van der Waals surface area contributed by atoms with Crippen molar-refractivity contribution in [3.63, 3.8) is 0 Å². The van der Waals surface area contributed by atoms with Gasteiger partial charge in [0.15, 0.2) is 5.78 Å². The summed E-state index contributed by atoms with van der Waals surface area (Å²) in [7, 11) is 0. The molecule has 2 aliphatic rings. The summed E-state index contributed by atoms with van der Waals surface area (Å²) in [6.45, 7) is 4.84. The number of hydrogen-bond acceptors (Lipinski definition) is 5. The van der Waals surface area contributed by atoms with Crippen LogP contribution in [0.15, 0.2) is 42.6 Å². The average molecular weight is 393 g/mol. The van der Waals surface area contributed by atoms with Crippen molar-refractivity contribution < 1.29 is 9.59 Å². The average Bonchev–Trinajstić information content (AvgIpc) is 3.03. The molecule has 1 amide bonds. The van der Waals surface area contributed by atoms with Crippen molar-refractivity contribution in [2.45, 2.75) is 25.7 Å². The first-order chi connectivity index (χ1) is 14.2. The predicted octanol–water partition coefficient (Wildman–Crippen LogP) is 2.08. The van der Waals surface area contributed by atoms with Crippen LogP contribution in [0.2, 0.25) is 0 Å². The Labute approximate surface area is 171 Å². The third-order valence-corrected chi connectivity index (χ3v) is 5.84. The molecular weight excluding hydrogens is 364 g/mol. The topological polar surface area (TPSA) is 65.5 Å². The van der Waals surface area contributed by atoms with Crippen LogP contribution in [0.5, 0.6) is 0 Å². The number of amides is 1. The van der Waals surface area contributed by atoms with Crippen LogP contribution < -0.4 is 10.2 Å². The standard InChI is InChI=1S/C23H28N4O2/c28-21(20-5-4-18-8-11-24-12-9-19(18)17-20)6-7-23(29)27-15-13-26(14-16-27)22-3-1-2-10-25-22/h1-5,10,17,24H,6-9,11-16H2. The Kier molecular flexibility index (Phi) is 6.20. The number of fused-ring (bicyclic) bond motifs is 1. The molecule has 29 heavy (non-hydrogen) atoms. The van der Waals surface area contributed by atoms with Crippen LogP contribution in [-0.2, 0) is 17.6 Å². The fourth-order valence-corrected chi connectivity index (χ4v) is 4.10. The van der Waals surface area contributed by atoms with Crippen molar-refractivity contribution in [1.29, 1.82) is 0 Å². The molecule has 1 N–H and O–H groups in total. The van der Waals surface area contributed by atoms with Gasteiger partial charge in [-0.3, -0.25) is 9.59 Å². The molecule has 0 spiro atoms. The monoisotopic (exact) mass is 392 g/mol. The van der Waals surface area contributed by atoms with E-state index in [1.165, 1.54) is 11.1 Å². The zero-order valence-corrected chi connectivity index (χ0v) is 16.8. The highest BCUT2D eigenvalue weighted by Crippen LogP contribution is 2.18. The second-order valence-electron chi connectivity index (χ2n) is 7.71. The number of carbonyl (C=O) groups excluding carboxylic acids is 2. The van der Waals surface area contributed by atoms with E-state index in [0.29, 0.717) is 13.1 Å². The molecule has 0 bridgehead atoms. The van der Waals surface area contributed by atoms with Gasteiger partial charge in [-0.2, -0.15) is 0 Å². The van der Waals surface area contributed by atoms with E-state index in [0.717, 1.165) is 50.4 Å². The van der Waals surface area contributed by atoms with E-state index in [-0.39, 0.29) is 24.5 Å². The van der Waals surface area contributed by atoms with E-state index < -0.39 is 0 Å². The molecule has 4 rings (SSSR count). The van der Waals surface area contributed by atoms with Crippen LogP contribution >= 0.6 is 0 Å². The molecule has 6 heteroatoms. The van der Waals surface area contributed by atoms with Gasteiger partial charge in [-0.25, -0.2) is 4.98 Å². The maximum Gasteiger partial charge on any atom is 0.223 e. The number of benzene rings is 1. The van der Waals surface area contributed by atoms with E-state index in [4.69, 9.17) is 0 Å². The minimum atomic E-state index is 0.0606. The van der Waals surface area contributed by atoms with E-state index in [9.17, 15) is 9.59 Å². The minimum Gasteiger partial charge on any atom is -0.353 e. The lowest BCUT2D eigenvalue weighted by molar-refractivity contribution is -0.131. The summed E-state index contributed by atoms with van der Waals surface area (Å²) in [5.74, 6) is 1.08. The van der Waals surface area contributed by atoms with Crippen LogP contribution in [-0.4, -0.2) is 60.8 Å². The molecule has 0 unspecified atom stereocenters. The molecule has 0 atom stereocenters. The number of ketones is 1. The molecular formula is C23H28N4O2. The Hall–Kier alpha value is -2.73. The number of anilines is 1. The maximum atomic E-state index is 12.6. The maximum absolute atomic E-state index is 12.6. The second-order valence-corrected chi connectivity index (χ2v) is 7.71. The summed E-state index contributed by atoms with van der Waals surface area (Å²) in [5.41, 5.74) is 3.32. The molecule has 2 aliphatic heterocycles. The summed E-state index contributed by atoms with van der Waals surface area (Å²) in [4.78, 5) is 33.7. The van der Waals surface area contributed by atoms with E-state index >= 15 is 0 Å². The van der Waals surface area contributed by atoms with Crippen LogP contribution in [0.1, 0.15) is 34.3 Å². The number of nitrogens with zero attached hydrogens (tertiary/aromatic N) is 3. The number of rotatable bonds is 5. The van der Waals surface area contributed by atoms with Gasteiger partial charge in [0.2, 0.25) is 5.91 Å². The second kappa shape index (κ2) is 9.18. The number of piperazine rings is 1. The normalized spacial score (nSPS) is 16.8. The summed E-state index contributed by atoms with van der Waals surface area (Å²) in [6, 6.07) is 11.9. The molecule has 0 radical (unpaired) electrons. The Morgan fingerprint density at radius 1 is 0.931 bits per heavy atom. The number of nitrogens with one attached hydrogen (secondary N) is 1. The number of hydrogen-bond donors (Lipinski definition) is 1. The highest BCUT2D eigenvalue weighted by molar-refractivity contribution is 5.98. The van der Waals surface area contributed by atoms with Gasteiger partial charge in [-0.05, 0) is 55.3 Å². The third-order valence-electron chi connectivity index (χ3n) is 5.84. The van der Waals surface area contributed by atoms with Gasteiger partial charge in [-0.1, -0.05) is 18.2 Å². The molecule has 152 valence electrons. The van der Waals surface area contributed by atoms with Crippen LogP contribution in [0.4, 0.5) is 5.82 Å². The summed E-state index contributed by atoms with van der Waals surface area (Å²) in [5, 5.41) is 3.39. The molecule has 3 heterocycles. The number of pyridine rings is 1. The van der Waals surface area contributed by atoms with Gasteiger partial charge in [0, 0.05) is 50.8 Å². The molecule has 6 nitrogen and oxygen atoms in total. The van der Waals surface area contributed by atoms with Gasteiger partial charge in [-0.15, -0.1) is 0 Å². The van der Waals surface area contributed by atoms with Crippen molar-refractivity contribution in [1.82, 2.24) is 15.2 Å². The van der Waals surface area contributed by atoms with Gasteiger partial charge < -0.3 is 15.1 Å². The van der Waals surface area contributed by atoms with Gasteiger partial charge in [0.1, 0.15) is 5.82 Å². The zero-order chi connectivity index (χ0) is 20.1.